The number of benzene rings is 2. The maximum Gasteiger partial charge on any atom is 0.264 e. The molecule has 0 fully saturated rings. The van der Waals surface area contributed by atoms with Gasteiger partial charge in [0.25, 0.3) is 5.91 Å². The third-order valence-electron chi connectivity index (χ3n) is 3.58. The summed E-state index contributed by atoms with van der Waals surface area (Å²) in [4.78, 5) is 16.5. The maximum atomic E-state index is 12.1. The molecule has 3 aromatic rings. The Morgan fingerprint density at radius 1 is 1.23 bits per heavy atom. The highest BCUT2D eigenvalue weighted by molar-refractivity contribution is 9.10. The van der Waals surface area contributed by atoms with Crippen molar-refractivity contribution in [3.05, 3.63) is 57.9 Å². The van der Waals surface area contributed by atoms with Gasteiger partial charge < -0.3 is 9.47 Å². The Labute approximate surface area is 164 Å². The zero-order chi connectivity index (χ0) is 18.5. The summed E-state index contributed by atoms with van der Waals surface area (Å²) < 4.78 is 11.5. The Balaban J connectivity index is 1.58. The molecule has 1 N–H and O–H groups in total. The van der Waals surface area contributed by atoms with Gasteiger partial charge in [0.1, 0.15) is 11.5 Å². The number of anilines is 1. The molecule has 7 heteroatoms. The molecule has 134 valence electrons. The fourth-order valence-corrected chi connectivity index (χ4v) is 3.59. The normalized spacial score (nSPS) is 10.4. The van der Waals surface area contributed by atoms with Gasteiger partial charge in [0, 0.05) is 10.9 Å². The van der Waals surface area contributed by atoms with E-state index in [4.69, 9.17) is 9.47 Å². The van der Waals surface area contributed by atoms with E-state index in [-0.39, 0.29) is 12.5 Å². The molecule has 26 heavy (non-hydrogen) atoms. The fraction of sp³-hybridized carbons (Fsp3) is 0.158. The number of nitrogens with zero attached hydrogens (tertiary/aromatic N) is 1. The third kappa shape index (κ3) is 4.62. The second-order valence-electron chi connectivity index (χ2n) is 5.54. The van der Waals surface area contributed by atoms with Gasteiger partial charge in [0.05, 0.1) is 17.3 Å². The zero-order valence-corrected chi connectivity index (χ0v) is 16.7. The molecule has 0 atom stereocenters. The lowest BCUT2D eigenvalue weighted by atomic mass is 10.2. The van der Waals surface area contributed by atoms with E-state index in [2.05, 4.69) is 26.2 Å². The Kier molecular flexibility index (Phi) is 5.90. The van der Waals surface area contributed by atoms with Crippen molar-refractivity contribution in [3.63, 3.8) is 0 Å². The molecule has 0 saturated carbocycles. The van der Waals surface area contributed by atoms with E-state index in [1.807, 2.05) is 54.8 Å². The second-order valence-corrected chi connectivity index (χ2v) is 7.25. The number of hydrogen-bond donors (Lipinski definition) is 1. The molecule has 0 saturated heterocycles. The molecule has 0 bridgehead atoms. The topological polar surface area (TPSA) is 60.5 Å². The van der Waals surface area contributed by atoms with Crippen molar-refractivity contribution in [1.29, 1.82) is 0 Å². The number of hydrogen-bond acceptors (Lipinski definition) is 5. The molecule has 0 radical (unpaired) electrons. The van der Waals surface area contributed by atoms with Crippen LogP contribution in [0, 0.1) is 6.92 Å². The van der Waals surface area contributed by atoms with Gasteiger partial charge in [0.2, 0.25) is 0 Å². The highest BCUT2D eigenvalue weighted by atomic mass is 79.9. The van der Waals surface area contributed by atoms with Crippen LogP contribution in [0.25, 0.3) is 11.3 Å². The van der Waals surface area contributed by atoms with Crippen LogP contribution in [0.5, 0.6) is 11.5 Å². The number of methoxy groups -OCH3 is 1. The minimum absolute atomic E-state index is 0.0842. The number of amides is 1. The summed E-state index contributed by atoms with van der Waals surface area (Å²) in [5.74, 6) is 1.16. The van der Waals surface area contributed by atoms with Crippen molar-refractivity contribution in [1.82, 2.24) is 4.98 Å². The van der Waals surface area contributed by atoms with Crippen LogP contribution in [-0.4, -0.2) is 24.6 Å². The zero-order valence-electron chi connectivity index (χ0n) is 14.3. The number of aryl methyl sites for hydroxylation is 1. The summed E-state index contributed by atoms with van der Waals surface area (Å²) in [7, 11) is 1.63. The van der Waals surface area contributed by atoms with E-state index in [0.717, 1.165) is 27.0 Å². The second kappa shape index (κ2) is 8.33. The molecule has 5 nitrogen and oxygen atoms in total. The highest BCUT2D eigenvalue weighted by Crippen LogP contribution is 2.27. The predicted octanol–water partition coefficient (Wildman–Crippen LogP) is 4.91. The summed E-state index contributed by atoms with van der Waals surface area (Å²) in [6.07, 6.45) is 0. The van der Waals surface area contributed by atoms with E-state index < -0.39 is 0 Å². The molecule has 0 aliphatic heterocycles. The molecule has 3 rings (SSSR count). The first-order chi connectivity index (χ1) is 12.5. The van der Waals surface area contributed by atoms with Crippen LogP contribution >= 0.6 is 27.3 Å². The van der Waals surface area contributed by atoms with Gasteiger partial charge in [0.15, 0.2) is 11.7 Å². The summed E-state index contributed by atoms with van der Waals surface area (Å²) in [6.45, 7) is 1.91. The minimum atomic E-state index is -0.256. The minimum Gasteiger partial charge on any atom is -0.497 e. The average Bonchev–Trinajstić information content (AvgIpc) is 3.09. The summed E-state index contributed by atoms with van der Waals surface area (Å²) in [5, 5.41) is 5.19. The molecule has 2 aromatic carbocycles. The highest BCUT2D eigenvalue weighted by Gasteiger charge is 2.10. The van der Waals surface area contributed by atoms with Crippen molar-refractivity contribution in [2.24, 2.45) is 0 Å². The van der Waals surface area contributed by atoms with Crippen LogP contribution in [0.15, 0.2) is 52.3 Å². The summed E-state index contributed by atoms with van der Waals surface area (Å²) >= 11 is 4.80. The molecule has 0 aliphatic rings. The first-order valence-electron chi connectivity index (χ1n) is 7.84. The Hall–Kier alpha value is -2.38. The van der Waals surface area contributed by atoms with E-state index >= 15 is 0 Å². The van der Waals surface area contributed by atoms with Crippen LogP contribution in [-0.2, 0) is 4.79 Å². The number of carbonyl (C=O) groups excluding carboxylic acids is 1. The average molecular weight is 433 g/mol. The standard InChI is InChI=1S/C19H17BrN2O3S/c1-12-3-8-17(15(20)9-12)25-10-18(23)22-19-21-16(11-26-19)13-4-6-14(24-2)7-5-13/h3-9,11H,10H2,1-2H3,(H,21,22,23). The lowest BCUT2D eigenvalue weighted by molar-refractivity contribution is -0.118. The first kappa shape index (κ1) is 18.4. The molecule has 0 spiro atoms. The molecular weight excluding hydrogens is 416 g/mol. The van der Waals surface area contributed by atoms with Gasteiger partial charge in [-0.15, -0.1) is 11.3 Å². The van der Waals surface area contributed by atoms with Crippen molar-refractivity contribution in [2.75, 3.05) is 19.0 Å². The van der Waals surface area contributed by atoms with Gasteiger partial charge in [-0.3, -0.25) is 10.1 Å². The maximum absolute atomic E-state index is 12.1. The van der Waals surface area contributed by atoms with Crippen LogP contribution in [0.2, 0.25) is 0 Å². The molecule has 0 aliphatic carbocycles. The Morgan fingerprint density at radius 3 is 2.69 bits per heavy atom. The van der Waals surface area contributed by atoms with Crippen molar-refractivity contribution in [2.45, 2.75) is 6.92 Å². The quantitative estimate of drug-likeness (QED) is 0.601. The van der Waals surface area contributed by atoms with Crippen molar-refractivity contribution < 1.29 is 14.3 Å². The Morgan fingerprint density at radius 2 is 2.00 bits per heavy atom. The SMILES string of the molecule is COc1ccc(-c2csc(NC(=O)COc3ccc(C)cc3Br)n2)cc1. The Bertz CT molecular complexity index is 909. The van der Waals surface area contributed by atoms with Gasteiger partial charge >= 0.3 is 0 Å². The van der Waals surface area contributed by atoms with Gasteiger partial charge in [-0.1, -0.05) is 6.07 Å². The number of thiazole rings is 1. The number of halogens is 1. The van der Waals surface area contributed by atoms with E-state index in [1.54, 1.807) is 7.11 Å². The summed E-state index contributed by atoms with van der Waals surface area (Å²) in [6, 6.07) is 13.3. The van der Waals surface area contributed by atoms with E-state index in [1.165, 1.54) is 11.3 Å². The first-order valence-corrected chi connectivity index (χ1v) is 9.51. The van der Waals surface area contributed by atoms with Gasteiger partial charge in [-0.25, -0.2) is 4.98 Å². The van der Waals surface area contributed by atoms with Gasteiger partial charge in [-0.05, 0) is 64.8 Å². The van der Waals surface area contributed by atoms with Crippen LogP contribution < -0.4 is 14.8 Å². The van der Waals surface area contributed by atoms with Crippen LogP contribution in [0.1, 0.15) is 5.56 Å². The molecule has 1 heterocycles. The fourth-order valence-electron chi connectivity index (χ4n) is 2.25. The largest absolute Gasteiger partial charge is 0.497 e. The molecule has 1 aromatic heterocycles. The van der Waals surface area contributed by atoms with Crippen molar-refractivity contribution in [3.8, 4) is 22.8 Å². The number of ether oxygens (including phenoxy) is 2. The predicted molar refractivity (Wildman–Crippen MR) is 107 cm³/mol. The number of rotatable bonds is 6. The van der Waals surface area contributed by atoms with E-state index in [9.17, 15) is 4.79 Å². The smallest absolute Gasteiger partial charge is 0.264 e. The molecule has 0 unspecified atom stereocenters. The number of carbonyl (C=O) groups is 1. The van der Waals surface area contributed by atoms with E-state index in [0.29, 0.717) is 10.9 Å². The number of aromatic nitrogens is 1. The van der Waals surface area contributed by atoms with Gasteiger partial charge in [-0.2, -0.15) is 0 Å². The van der Waals surface area contributed by atoms with Crippen molar-refractivity contribution >= 4 is 38.3 Å². The lowest BCUT2D eigenvalue weighted by Crippen LogP contribution is -2.20. The lowest BCUT2D eigenvalue weighted by Gasteiger charge is -2.08. The summed E-state index contributed by atoms with van der Waals surface area (Å²) in [5.41, 5.74) is 2.88. The monoisotopic (exact) mass is 432 g/mol. The molecular formula is C19H17BrN2O3S. The van der Waals surface area contributed by atoms with Crippen LogP contribution in [0.3, 0.4) is 0 Å². The van der Waals surface area contributed by atoms with Crippen LogP contribution in [0.4, 0.5) is 5.13 Å². The molecule has 1 amide bonds. The third-order valence-corrected chi connectivity index (χ3v) is 4.96. The number of nitrogens with one attached hydrogen (secondary N) is 1.